The zero-order valence-electron chi connectivity index (χ0n) is 14.9. The Morgan fingerprint density at radius 1 is 0.875 bits per heavy atom. The number of nitrogens with zero attached hydrogens (tertiary/aromatic N) is 2. The molecule has 2 aromatic heterocycles. The van der Waals surface area contributed by atoms with Gasteiger partial charge in [0.25, 0.3) is 0 Å². The standard InChI is InChI=1S/C19H26N4O/c1-5-7-15-17(13(3)9-11-20-15)22-19(24)23-18-14(4)10-12-21-16(18)8-6-2/h9-12H,5-8H2,1-4H3,(H2,22,23,24). The number of carbonyl (C=O) groups is 1. The third-order valence-electron chi connectivity index (χ3n) is 3.93. The summed E-state index contributed by atoms with van der Waals surface area (Å²) in [6.07, 6.45) is 7.21. The van der Waals surface area contributed by atoms with Gasteiger partial charge in [0.1, 0.15) is 0 Å². The first-order valence-electron chi connectivity index (χ1n) is 8.53. The predicted octanol–water partition coefficient (Wildman–Crippen LogP) is 4.64. The highest BCUT2D eigenvalue weighted by molar-refractivity contribution is 6.01. The first-order chi connectivity index (χ1) is 11.6. The van der Waals surface area contributed by atoms with Crippen LogP contribution in [0.4, 0.5) is 16.2 Å². The molecule has 0 saturated carbocycles. The molecule has 5 heteroatoms. The Bertz CT molecular complexity index is 653. The fraction of sp³-hybridized carbons (Fsp3) is 0.421. The van der Waals surface area contributed by atoms with Gasteiger partial charge < -0.3 is 10.6 Å². The van der Waals surface area contributed by atoms with Crippen LogP contribution in [0.15, 0.2) is 24.5 Å². The lowest BCUT2D eigenvalue weighted by Gasteiger charge is -2.16. The van der Waals surface area contributed by atoms with Gasteiger partial charge in [0.15, 0.2) is 0 Å². The van der Waals surface area contributed by atoms with Gasteiger partial charge in [-0.25, -0.2) is 4.79 Å². The van der Waals surface area contributed by atoms with Gasteiger partial charge in [-0.1, -0.05) is 26.7 Å². The Morgan fingerprint density at radius 3 is 1.67 bits per heavy atom. The summed E-state index contributed by atoms with van der Waals surface area (Å²) in [4.78, 5) is 21.3. The van der Waals surface area contributed by atoms with Crippen molar-refractivity contribution in [3.05, 3.63) is 47.0 Å². The van der Waals surface area contributed by atoms with Crippen LogP contribution in [-0.4, -0.2) is 16.0 Å². The van der Waals surface area contributed by atoms with Gasteiger partial charge in [0.2, 0.25) is 0 Å². The van der Waals surface area contributed by atoms with Gasteiger partial charge in [-0.15, -0.1) is 0 Å². The molecule has 0 fully saturated rings. The van der Waals surface area contributed by atoms with Crippen molar-refractivity contribution in [3.63, 3.8) is 0 Å². The van der Waals surface area contributed by atoms with E-state index in [1.54, 1.807) is 12.4 Å². The molecule has 5 nitrogen and oxygen atoms in total. The van der Waals surface area contributed by atoms with Crippen molar-refractivity contribution < 1.29 is 4.79 Å². The Labute approximate surface area is 143 Å². The Hall–Kier alpha value is -2.43. The second kappa shape index (κ2) is 8.43. The van der Waals surface area contributed by atoms with Crippen LogP contribution in [0, 0.1) is 13.8 Å². The van der Waals surface area contributed by atoms with E-state index in [1.165, 1.54) is 0 Å². The summed E-state index contributed by atoms with van der Waals surface area (Å²) in [7, 11) is 0. The van der Waals surface area contributed by atoms with E-state index in [4.69, 9.17) is 0 Å². The number of carbonyl (C=O) groups excluding carboxylic acids is 1. The lowest BCUT2D eigenvalue weighted by Crippen LogP contribution is -2.23. The molecular formula is C19H26N4O. The third kappa shape index (κ3) is 4.31. The topological polar surface area (TPSA) is 66.9 Å². The maximum absolute atomic E-state index is 12.5. The highest BCUT2D eigenvalue weighted by Gasteiger charge is 2.13. The number of nitrogens with one attached hydrogen (secondary N) is 2. The average molecular weight is 326 g/mol. The van der Waals surface area contributed by atoms with Crippen molar-refractivity contribution in [3.8, 4) is 0 Å². The minimum absolute atomic E-state index is 0.253. The molecule has 0 unspecified atom stereocenters. The number of amides is 2. The normalized spacial score (nSPS) is 10.5. The Balaban J connectivity index is 2.21. The number of hydrogen-bond donors (Lipinski definition) is 2. The van der Waals surface area contributed by atoms with Gasteiger partial charge in [0.05, 0.1) is 22.8 Å². The van der Waals surface area contributed by atoms with Crippen LogP contribution in [0.3, 0.4) is 0 Å². The van der Waals surface area contributed by atoms with E-state index in [1.807, 2.05) is 26.0 Å². The number of pyridine rings is 2. The van der Waals surface area contributed by atoms with Crippen molar-refractivity contribution in [2.45, 2.75) is 53.4 Å². The second-order valence-corrected chi connectivity index (χ2v) is 5.98. The Morgan fingerprint density at radius 2 is 1.29 bits per heavy atom. The lowest BCUT2D eigenvalue weighted by atomic mass is 10.1. The molecule has 128 valence electrons. The number of aryl methyl sites for hydroxylation is 4. The molecule has 24 heavy (non-hydrogen) atoms. The van der Waals surface area contributed by atoms with Crippen LogP contribution >= 0.6 is 0 Å². The van der Waals surface area contributed by atoms with Gasteiger partial charge in [-0.3, -0.25) is 9.97 Å². The number of rotatable bonds is 6. The van der Waals surface area contributed by atoms with E-state index in [-0.39, 0.29) is 6.03 Å². The largest absolute Gasteiger partial charge is 0.323 e. The molecule has 0 aliphatic rings. The molecule has 0 aromatic carbocycles. The Kier molecular flexibility index (Phi) is 6.29. The first-order valence-corrected chi connectivity index (χ1v) is 8.53. The summed E-state index contributed by atoms with van der Waals surface area (Å²) >= 11 is 0. The summed E-state index contributed by atoms with van der Waals surface area (Å²) in [5, 5.41) is 5.94. The molecule has 2 amide bonds. The third-order valence-corrected chi connectivity index (χ3v) is 3.93. The molecule has 0 aliphatic heterocycles. The van der Waals surface area contributed by atoms with E-state index in [0.29, 0.717) is 0 Å². The fourth-order valence-electron chi connectivity index (χ4n) is 2.68. The maximum Gasteiger partial charge on any atom is 0.323 e. The number of hydrogen-bond acceptors (Lipinski definition) is 3. The van der Waals surface area contributed by atoms with Crippen molar-refractivity contribution in [1.82, 2.24) is 9.97 Å². The van der Waals surface area contributed by atoms with E-state index >= 15 is 0 Å². The minimum atomic E-state index is -0.253. The van der Waals surface area contributed by atoms with E-state index < -0.39 is 0 Å². The van der Waals surface area contributed by atoms with Crippen molar-refractivity contribution >= 4 is 17.4 Å². The zero-order chi connectivity index (χ0) is 17.5. The first kappa shape index (κ1) is 17.9. The molecule has 0 radical (unpaired) electrons. The van der Waals surface area contributed by atoms with E-state index in [9.17, 15) is 4.79 Å². The number of aromatic nitrogens is 2. The summed E-state index contributed by atoms with van der Waals surface area (Å²) in [6, 6.07) is 3.57. The number of urea groups is 1. The van der Waals surface area contributed by atoms with Gasteiger partial charge in [-0.2, -0.15) is 0 Å². The molecule has 0 aliphatic carbocycles. The zero-order valence-corrected chi connectivity index (χ0v) is 14.9. The average Bonchev–Trinajstić information content (AvgIpc) is 2.54. The minimum Gasteiger partial charge on any atom is -0.306 e. The number of anilines is 2. The second-order valence-electron chi connectivity index (χ2n) is 5.98. The summed E-state index contributed by atoms with van der Waals surface area (Å²) in [5.74, 6) is 0. The predicted molar refractivity (Wildman–Crippen MR) is 98.6 cm³/mol. The van der Waals surface area contributed by atoms with Gasteiger partial charge in [0, 0.05) is 12.4 Å². The van der Waals surface area contributed by atoms with Crippen LogP contribution in [-0.2, 0) is 12.8 Å². The summed E-state index contributed by atoms with van der Waals surface area (Å²) < 4.78 is 0. The van der Waals surface area contributed by atoms with Crippen LogP contribution in [0.5, 0.6) is 0 Å². The van der Waals surface area contributed by atoms with E-state index in [0.717, 1.165) is 59.6 Å². The van der Waals surface area contributed by atoms with Crippen LogP contribution in [0.25, 0.3) is 0 Å². The SMILES string of the molecule is CCCc1nccc(C)c1NC(=O)Nc1c(C)ccnc1CCC. The van der Waals surface area contributed by atoms with Crippen LogP contribution < -0.4 is 10.6 Å². The van der Waals surface area contributed by atoms with Crippen molar-refractivity contribution in [2.75, 3.05) is 10.6 Å². The van der Waals surface area contributed by atoms with Gasteiger partial charge >= 0.3 is 6.03 Å². The quantitative estimate of drug-likeness (QED) is 0.812. The highest BCUT2D eigenvalue weighted by Crippen LogP contribution is 2.22. The van der Waals surface area contributed by atoms with Crippen LogP contribution in [0.2, 0.25) is 0 Å². The molecule has 0 spiro atoms. The highest BCUT2D eigenvalue weighted by atomic mass is 16.2. The molecule has 2 N–H and O–H groups in total. The van der Waals surface area contributed by atoms with E-state index in [2.05, 4.69) is 34.4 Å². The summed E-state index contributed by atoms with van der Waals surface area (Å²) in [5.41, 5.74) is 5.47. The molecular weight excluding hydrogens is 300 g/mol. The maximum atomic E-state index is 12.5. The summed E-state index contributed by atoms with van der Waals surface area (Å²) in [6.45, 7) is 8.16. The van der Waals surface area contributed by atoms with Gasteiger partial charge in [-0.05, 0) is 49.9 Å². The molecule has 0 atom stereocenters. The molecule has 0 saturated heterocycles. The monoisotopic (exact) mass is 326 g/mol. The molecule has 0 bridgehead atoms. The molecule has 2 rings (SSSR count). The van der Waals surface area contributed by atoms with Crippen LogP contribution in [0.1, 0.15) is 49.2 Å². The molecule has 2 aromatic rings. The lowest BCUT2D eigenvalue weighted by molar-refractivity contribution is 0.262. The van der Waals surface area contributed by atoms with Crippen molar-refractivity contribution in [1.29, 1.82) is 0 Å². The smallest absolute Gasteiger partial charge is 0.306 e. The fourth-order valence-corrected chi connectivity index (χ4v) is 2.68. The molecule has 2 heterocycles. The van der Waals surface area contributed by atoms with Crippen molar-refractivity contribution in [2.24, 2.45) is 0 Å².